The Morgan fingerprint density at radius 1 is 1.07 bits per heavy atom. The Morgan fingerprint density at radius 2 is 1.77 bits per heavy atom. The van der Waals surface area contributed by atoms with Crippen molar-refractivity contribution < 1.29 is 26.3 Å². The second kappa shape index (κ2) is 10.9. The van der Waals surface area contributed by atoms with Gasteiger partial charge in [0, 0.05) is 37.4 Å². The number of aliphatic hydroxyl groups is 1. The molecule has 14 heteroatoms. The summed E-state index contributed by atoms with van der Waals surface area (Å²) in [4.78, 5) is 10.5. The lowest BCUT2D eigenvalue weighted by molar-refractivity contribution is 0.213. The topological polar surface area (TPSA) is 159 Å². The minimum atomic E-state index is -4.06. The number of aromatic nitrogens is 2. The maximum Gasteiger partial charge on any atom is 0.238 e. The zero-order valence-electron chi connectivity index (χ0n) is 21.6. The number of sulfonamides is 2. The largest absolute Gasteiger partial charge is 0.370 e. The van der Waals surface area contributed by atoms with E-state index in [-0.39, 0.29) is 10.9 Å². The van der Waals surface area contributed by atoms with Gasteiger partial charge in [-0.25, -0.2) is 35.7 Å². The van der Waals surface area contributed by atoms with Crippen molar-refractivity contribution in [3.8, 4) is 11.1 Å². The van der Waals surface area contributed by atoms with E-state index in [1.54, 1.807) is 47.5 Å². The highest BCUT2D eigenvalue weighted by molar-refractivity contribution is 7.89. The molecule has 212 valence electrons. The van der Waals surface area contributed by atoms with E-state index < -0.39 is 32.1 Å². The summed E-state index contributed by atoms with van der Waals surface area (Å²) in [5, 5.41) is 19.2. The molecule has 1 aromatic heterocycles. The lowest BCUT2D eigenvalue weighted by atomic mass is 10.0. The molecule has 3 aromatic rings. The average Bonchev–Trinajstić information content (AvgIpc) is 2.90. The van der Waals surface area contributed by atoms with E-state index in [0.29, 0.717) is 55.4 Å². The minimum Gasteiger partial charge on any atom is -0.370 e. The third-order valence-electron chi connectivity index (χ3n) is 6.93. The van der Waals surface area contributed by atoms with E-state index in [1.165, 1.54) is 22.7 Å². The number of fused-ring (bicyclic) bond motifs is 1. The first-order valence-corrected chi connectivity index (χ1v) is 15.9. The van der Waals surface area contributed by atoms with Crippen LogP contribution in [0.25, 0.3) is 17.2 Å². The number of hydrogen-bond donors (Lipinski definition) is 3. The van der Waals surface area contributed by atoms with E-state index in [0.717, 1.165) is 17.2 Å². The van der Waals surface area contributed by atoms with Crippen LogP contribution in [0.1, 0.15) is 24.0 Å². The van der Waals surface area contributed by atoms with Gasteiger partial charge in [-0.1, -0.05) is 24.3 Å². The smallest absolute Gasteiger partial charge is 0.238 e. The van der Waals surface area contributed by atoms with Crippen molar-refractivity contribution in [3.63, 3.8) is 0 Å². The molecule has 3 heterocycles. The number of halogens is 1. The number of nitrogens with two attached hydrogens (primary N) is 1. The molecule has 1 unspecified atom stereocenters. The van der Waals surface area contributed by atoms with Gasteiger partial charge in [0.25, 0.3) is 0 Å². The Bertz CT molecular complexity index is 1660. The van der Waals surface area contributed by atoms with Crippen molar-refractivity contribution >= 4 is 37.9 Å². The van der Waals surface area contributed by atoms with Gasteiger partial charge in [0.2, 0.25) is 26.0 Å². The van der Waals surface area contributed by atoms with Gasteiger partial charge >= 0.3 is 0 Å². The summed E-state index contributed by atoms with van der Waals surface area (Å²) in [6, 6.07) is 10.5. The number of rotatable bonds is 7. The van der Waals surface area contributed by atoms with Crippen molar-refractivity contribution in [1.82, 2.24) is 14.3 Å². The summed E-state index contributed by atoms with van der Waals surface area (Å²) in [5.41, 5.74) is 2.53. The van der Waals surface area contributed by atoms with Gasteiger partial charge in [-0.05, 0) is 59.9 Å². The molecule has 1 saturated heterocycles. The predicted octanol–water partition coefficient (Wildman–Crippen LogP) is 2.12. The SMILES string of the molecule is CS(=O)(=O)N1CCC(Nc2ncc3c(n2)N(Cc2ccc(-c4cc(F)cc(S(N)(=O)=O)c4)cc2)C(O)C=C3)CC1. The summed E-state index contributed by atoms with van der Waals surface area (Å²) < 4.78 is 62.5. The van der Waals surface area contributed by atoms with Gasteiger partial charge < -0.3 is 15.3 Å². The first-order valence-electron chi connectivity index (χ1n) is 12.5. The fraction of sp³-hybridized carbons (Fsp3) is 0.308. The molecule has 0 radical (unpaired) electrons. The molecule has 2 aliphatic heterocycles. The van der Waals surface area contributed by atoms with Crippen LogP contribution in [0.4, 0.5) is 16.2 Å². The minimum absolute atomic E-state index is 0.0127. The molecule has 1 fully saturated rings. The highest BCUT2D eigenvalue weighted by atomic mass is 32.2. The molecule has 0 spiro atoms. The van der Waals surface area contributed by atoms with Crippen molar-refractivity contribution in [2.24, 2.45) is 5.14 Å². The van der Waals surface area contributed by atoms with Crippen LogP contribution in [0.5, 0.6) is 0 Å². The number of anilines is 2. The van der Waals surface area contributed by atoms with E-state index in [4.69, 9.17) is 5.14 Å². The summed E-state index contributed by atoms with van der Waals surface area (Å²) >= 11 is 0. The number of piperidine rings is 1. The average molecular weight is 589 g/mol. The zero-order chi connectivity index (χ0) is 28.7. The summed E-state index contributed by atoms with van der Waals surface area (Å²) in [7, 11) is -7.28. The van der Waals surface area contributed by atoms with Crippen molar-refractivity contribution in [3.05, 3.63) is 71.7 Å². The number of primary sulfonamides is 1. The van der Waals surface area contributed by atoms with Crippen LogP contribution >= 0.6 is 0 Å². The van der Waals surface area contributed by atoms with Gasteiger partial charge in [-0.2, -0.15) is 4.98 Å². The van der Waals surface area contributed by atoms with Crippen molar-refractivity contribution in [2.75, 3.05) is 29.6 Å². The molecular weight excluding hydrogens is 559 g/mol. The van der Waals surface area contributed by atoms with Gasteiger partial charge in [0.1, 0.15) is 17.9 Å². The van der Waals surface area contributed by atoms with Crippen LogP contribution in [0.3, 0.4) is 0 Å². The maximum atomic E-state index is 14.1. The fourth-order valence-corrected chi connectivity index (χ4v) is 6.24. The number of nitrogens with zero attached hydrogens (tertiary/aromatic N) is 4. The van der Waals surface area contributed by atoms with Crippen molar-refractivity contribution in [1.29, 1.82) is 0 Å². The van der Waals surface area contributed by atoms with Gasteiger partial charge in [0.05, 0.1) is 11.2 Å². The van der Waals surface area contributed by atoms with E-state index in [2.05, 4.69) is 15.3 Å². The molecule has 0 amide bonds. The highest BCUT2D eigenvalue weighted by Crippen LogP contribution is 2.30. The van der Waals surface area contributed by atoms with Crippen LogP contribution in [-0.2, 0) is 26.6 Å². The molecule has 4 N–H and O–H groups in total. The monoisotopic (exact) mass is 588 g/mol. The van der Waals surface area contributed by atoms with Crippen LogP contribution < -0.4 is 15.4 Å². The molecule has 2 aromatic carbocycles. The summed E-state index contributed by atoms with van der Waals surface area (Å²) in [6.45, 7) is 1.14. The predicted molar refractivity (Wildman–Crippen MR) is 150 cm³/mol. The molecule has 0 saturated carbocycles. The van der Waals surface area contributed by atoms with E-state index in [1.807, 2.05) is 0 Å². The fourth-order valence-electron chi connectivity index (χ4n) is 4.79. The number of nitrogens with one attached hydrogen (secondary N) is 1. The molecule has 2 aliphatic rings. The normalized spacial score (nSPS) is 18.5. The van der Waals surface area contributed by atoms with Gasteiger partial charge in [-0.15, -0.1) is 0 Å². The Balaban J connectivity index is 1.32. The molecule has 40 heavy (non-hydrogen) atoms. The number of aliphatic hydroxyl groups excluding tert-OH is 1. The van der Waals surface area contributed by atoms with Gasteiger partial charge in [0.15, 0.2) is 0 Å². The molecule has 0 bridgehead atoms. The molecule has 1 atom stereocenters. The quantitative estimate of drug-likeness (QED) is 0.376. The zero-order valence-corrected chi connectivity index (χ0v) is 23.2. The molecule has 0 aliphatic carbocycles. The lowest BCUT2D eigenvalue weighted by Gasteiger charge is -2.33. The Labute approximate surface area is 232 Å². The maximum absolute atomic E-state index is 14.1. The number of hydrogen-bond acceptors (Lipinski definition) is 9. The highest BCUT2D eigenvalue weighted by Gasteiger charge is 2.27. The number of benzene rings is 2. The molecule has 11 nitrogen and oxygen atoms in total. The Hall–Kier alpha value is -3.43. The Morgan fingerprint density at radius 3 is 2.42 bits per heavy atom. The second-order valence-corrected chi connectivity index (χ2v) is 13.4. The standard InChI is InChI=1S/C26H29FN6O5S2/c1-39(35,36)32-10-8-22(9-11-32)30-26-29-15-19-6-7-24(34)33(25(19)31-26)16-17-2-4-18(5-3-17)20-12-21(27)14-23(13-20)40(28,37)38/h2-7,12-15,22,24,34H,8-11,16H2,1H3,(H2,28,37,38)(H,29,30,31). The third kappa shape index (κ3) is 6.31. The van der Waals surface area contributed by atoms with Gasteiger partial charge in [-0.3, -0.25) is 0 Å². The molecule has 5 rings (SSSR count). The lowest BCUT2D eigenvalue weighted by Crippen LogP contribution is -2.42. The van der Waals surface area contributed by atoms with Crippen LogP contribution in [0.2, 0.25) is 0 Å². The summed E-state index contributed by atoms with van der Waals surface area (Å²) in [5.74, 6) is 0.208. The van der Waals surface area contributed by atoms with Crippen LogP contribution in [0.15, 0.2) is 59.6 Å². The third-order valence-corrected chi connectivity index (χ3v) is 9.13. The first kappa shape index (κ1) is 28.1. The summed E-state index contributed by atoms with van der Waals surface area (Å²) in [6.07, 6.45) is 6.57. The van der Waals surface area contributed by atoms with E-state index in [9.17, 15) is 26.3 Å². The first-order chi connectivity index (χ1) is 18.9. The van der Waals surface area contributed by atoms with E-state index >= 15 is 0 Å². The molecular formula is C26H29FN6O5S2. The van der Waals surface area contributed by atoms with Crippen LogP contribution in [0, 0.1) is 5.82 Å². The Kier molecular flexibility index (Phi) is 7.63. The van der Waals surface area contributed by atoms with Crippen molar-refractivity contribution in [2.45, 2.75) is 36.6 Å². The second-order valence-electron chi connectivity index (χ2n) is 9.87. The van der Waals surface area contributed by atoms with Crippen LogP contribution in [-0.4, -0.2) is 67.8 Å².